The van der Waals surface area contributed by atoms with Crippen LogP contribution in [0.25, 0.3) is 0 Å². The monoisotopic (exact) mass is 441 g/mol. The van der Waals surface area contributed by atoms with Crippen LogP contribution >= 0.6 is 0 Å². The van der Waals surface area contributed by atoms with Crippen LogP contribution in [0.5, 0.6) is 0 Å². The number of fused-ring (bicyclic) bond motifs is 1. The number of aryl methyl sites for hydroxylation is 1. The summed E-state index contributed by atoms with van der Waals surface area (Å²) in [5.41, 5.74) is 4.42. The van der Waals surface area contributed by atoms with Gasteiger partial charge in [0.1, 0.15) is 5.76 Å². The lowest BCUT2D eigenvalue weighted by Crippen LogP contribution is -2.15. The lowest BCUT2D eigenvalue weighted by molar-refractivity contribution is -0.134. The van der Waals surface area contributed by atoms with Crippen molar-refractivity contribution in [3.05, 3.63) is 112 Å². The van der Waals surface area contributed by atoms with E-state index in [2.05, 4.69) is 11.9 Å². The van der Waals surface area contributed by atoms with Gasteiger partial charge in [-0.05, 0) is 63.1 Å². The third-order valence-corrected chi connectivity index (χ3v) is 5.29. The lowest BCUT2D eigenvalue weighted by atomic mass is 9.96. The molecule has 33 heavy (non-hydrogen) atoms. The Bertz CT molecular complexity index is 1240. The van der Waals surface area contributed by atoms with Crippen LogP contribution in [0.4, 0.5) is 5.69 Å². The number of esters is 1. The molecule has 2 aromatic carbocycles. The summed E-state index contributed by atoms with van der Waals surface area (Å²) in [6.07, 6.45) is 3.41. The van der Waals surface area contributed by atoms with E-state index in [0.29, 0.717) is 33.7 Å². The predicted molar refractivity (Wildman–Crippen MR) is 130 cm³/mol. The molecule has 0 fully saturated rings. The maximum absolute atomic E-state index is 13.6. The average Bonchev–Trinajstić information content (AvgIpc) is 2.86. The van der Waals surface area contributed by atoms with Gasteiger partial charge >= 0.3 is 5.97 Å². The molecule has 0 saturated carbocycles. The van der Waals surface area contributed by atoms with E-state index in [9.17, 15) is 14.4 Å². The maximum Gasteiger partial charge on any atom is 0.338 e. The van der Waals surface area contributed by atoms with Crippen molar-refractivity contribution >= 4 is 23.2 Å². The molecule has 0 unspecified atom stereocenters. The van der Waals surface area contributed by atoms with E-state index in [0.717, 1.165) is 11.3 Å². The molecule has 1 N–H and O–H groups in total. The molecule has 1 aliphatic carbocycles. The summed E-state index contributed by atoms with van der Waals surface area (Å²) in [5, 5.41) is 3.29. The molecule has 0 heterocycles. The van der Waals surface area contributed by atoms with E-state index < -0.39 is 5.97 Å². The highest BCUT2D eigenvalue weighted by molar-refractivity contribution is 6.20. The minimum Gasteiger partial charge on any atom is -0.428 e. The van der Waals surface area contributed by atoms with Gasteiger partial charge in [-0.15, -0.1) is 0 Å². The third-order valence-electron chi connectivity index (χ3n) is 5.29. The summed E-state index contributed by atoms with van der Waals surface area (Å²) in [7, 11) is 0. The van der Waals surface area contributed by atoms with E-state index in [1.807, 2.05) is 37.3 Å². The van der Waals surface area contributed by atoms with E-state index in [-0.39, 0.29) is 23.6 Å². The van der Waals surface area contributed by atoms with Gasteiger partial charge in [-0.3, -0.25) is 9.59 Å². The Morgan fingerprint density at radius 1 is 1.03 bits per heavy atom. The third kappa shape index (κ3) is 5.63. The molecule has 0 spiro atoms. The van der Waals surface area contributed by atoms with E-state index >= 15 is 0 Å². The molecule has 168 valence electrons. The van der Waals surface area contributed by atoms with Gasteiger partial charge in [0.25, 0.3) is 0 Å². The van der Waals surface area contributed by atoms with Crippen molar-refractivity contribution in [3.63, 3.8) is 0 Å². The first-order valence-electron chi connectivity index (χ1n) is 10.6. The summed E-state index contributed by atoms with van der Waals surface area (Å²) in [5.74, 6) is -0.548. The number of rotatable bonds is 6. The molecule has 5 nitrogen and oxygen atoms in total. The fraction of sp³-hybridized carbons (Fsp3) is 0.179. The number of carbonyl (C=O) groups excluding carboxylic acids is 3. The highest BCUT2D eigenvalue weighted by atomic mass is 16.5. The molecule has 0 radical (unpaired) electrons. The Kier molecular flexibility index (Phi) is 7.23. The second-order valence-corrected chi connectivity index (χ2v) is 8.11. The molecular formula is C28H27NO4. The van der Waals surface area contributed by atoms with Crippen LogP contribution in [0.3, 0.4) is 0 Å². The second kappa shape index (κ2) is 10.1. The van der Waals surface area contributed by atoms with Crippen molar-refractivity contribution in [1.82, 2.24) is 0 Å². The molecular weight excluding hydrogens is 414 g/mol. The highest BCUT2D eigenvalue weighted by Crippen LogP contribution is 2.29. The van der Waals surface area contributed by atoms with Crippen LogP contribution in [0, 0.1) is 6.92 Å². The predicted octanol–water partition coefficient (Wildman–Crippen LogP) is 5.64. The molecule has 3 rings (SSSR count). The molecule has 2 aromatic rings. The minimum atomic E-state index is -0.532. The molecule has 0 aliphatic heterocycles. The Morgan fingerprint density at radius 3 is 2.45 bits per heavy atom. The largest absolute Gasteiger partial charge is 0.428 e. The van der Waals surface area contributed by atoms with Gasteiger partial charge in [0.2, 0.25) is 0 Å². The molecule has 0 aromatic heterocycles. The normalized spacial score (nSPS) is 14.5. The standard InChI is InChI=1S/C28H27NO4/c1-17(2)28(32)33-19(4)13-14-24(29-22-11-8-9-18(3)15-22)26-20(5)25(30)16-21-10-6-7-12-23(21)27(26)31/h6-15,29H,1,16H2,2-5H3/b19-13+,24-14+. The van der Waals surface area contributed by atoms with Crippen LogP contribution in [-0.2, 0) is 20.7 Å². The zero-order valence-corrected chi connectivity index (χ0v) is 19.3. The number of benzene rings is 2. The SMILES string of the molecule is C=C(C)C(=O)O/C(C)=C/C=C(/Nc1cccc(C)c1)C1=C(C)C(=O)Cc2ccccc2C1=O. The number of nitrogens with one attached hydrogen (secondary N) is 1. The van der Waals surface area contributed by atoms with Gasteiger partial charge in [-0.25, -0.2) is 4.79 Å². The summed E-state index contributed by atoms with van der Waals surface area (Å²) in [6.45, 7) is 10.4. The topological polar surface area (TPSA) is 72.5 Å². The first-order valence-corrected chi connectivity index (χ1v) is 10.6. The quantitative estimate of drug-likeness (QED) is 0.272. The summed E-state index contributed by atoms with van der Waals surface area (Å²) in [4.78, 5) is 38.4. The first kappa shape index (κ1) is 23.7. The fourth-order valence-corrected chi connectivity index (χ4v) is 3.50. The van der Waals surface area contributed by atoms with Crippen molar-refractivity contribution in [1.29, 1.82) is 0 Å². The van der Waals surface area contributed by atoms with Gasteiger partial charge < -0.3 is 10.1 Å². The molecule has 1 aliphatic rings. The highest BCUT2D eigenvalue weighted by Gasteiger charge is 2.28. The van der Waals surface area contributed by atoms with Crippen molar-refractivity contribution < 1.29 is 19.1 Å². The van der Waals surface area contributed by atoms with Gasteiger partial charge in [0.15, 0.2) is 11.6 Å². The Labute approximate surface area is 194 Å². The van der Waals surface area contributed by atoms with Crippen molar-refractivity contribution in [2.75, 3.05) is 5.32 Å². The van der Waals surface area contributed by atoms with Crippen LogP contribution in [0.1, 0.15) is 42.3 Å². The minimum absolute atomic E-state index is 0.116. The average molecular weight is 442 g/mol. The number of hydrogen-bond donors (Lipinski definition) is 1. The van der Waals surface area contributed by atoms with E-state index in [4.69, 9.17) is 4.74 Å². The number of Topliss-reactive ketones (excluding diaryl/α,β-unsaturated/α-hetero) is 2. The number of anilines is 1. The van der Waals surface area contributed by atoms with Crippen LogP contribution in [0.15, 0.2) is 95.4 Å². The lowest BCUT2D eigenvalue weighted by Gasteiger charge is -2.16. The van der Waals surface area contributed by atoms with Crippen LogP contribution < -0.4 is 5.32 Å². The summed E-state index contributed by atoms with van der Waals surface area (Å²) in [6, 6.07) is 14.9. The summed E-state index contributed by atoms with van der Waals surface area (Å²) >= 11 is 0. The number of carbonyl (C=O) groups is 3. The molecule has 0 atom stereocenters. The van der Waals surface area contributed by atoms with Crippen LogP contribution in [0.2, 0.25) is 0 Å². The Balaban J connectivity index is 2.12. The fourth-order valence-electron chi connectivity index (χ4n) is 3.50. The van der Waals surface area contributed by atoms with Gasteiger partial charge in [0, 0.05) is 28.8 Å². The Morgan fingerprint density at radius 2 is 1.76 bits per heavy atom. The number of allylic oxidation sites excluding steroid dienone is 5. The first-order chi connectivity index (χ1) is 15.7. The van der Waals surface area contributed by atoms with Gasteiger partial charge in [-0.2, -0.15) is 0 Å². The van der Waals surface area contributed by atoms with Crippen molar-refractivity contribution in [2.45, 2.75) is 34.1 Å². The summed E-state index contributed by atoms with van der Waals surface area (Å²) < 4.78 is 5.26. The molecule has 0 bridgehead atoms. The van der Waals surface area contributed by atoms with Gasteiger partial charge in [0.05, 0.1) is 11.3 Å². The number of ether oxygens (including phenoxy) is 1. The zero-order chi connectivity index (χ0) is 24.1. The molecule has 0 amide bonds. The van der Waals surface area contributed by atoms with Gasteiger partial charge in [-0.1, -0.05) is 43.0 Å². The number of ketones is 2. The molecule has 0 saturated heterocycles. The van der Waals surface area contributed by atoms with E-state index in [1.165, 1.54) is 0 Å². The Hall–Kier alpha value is -3.99. The van der Waals surface area contributed by atoms with Crippen LogP contribution in [-0.4, -0.2) is 17.5 Å². The van der Waals surface area contributed by atoms with Crippen molar-refractivity contribution in [2.24, 2.45) is 0 Å². The smallest absolute Gasteiger partial charge is 0.338 e. The zero-order valence-electron chi connectivity index (χ0n) is 19.3. The molecule has 5 heteroatoms. The number of hydrogen-bond acceptors (Lipinski definition) is 5. The maximum atomic E-state index is 13.6. The van der Waals surface area contributed by atoms with Crippen molar-refractivity contribution in [3.8, 4) is 0 Å². The second-order valence-electron chi connectivity index (χ2n) is 8.11. The van der Waals surface area contributed by atoms with E-state index in [1.54, 1.807) is 51.1 Å².